The third-order valence-electron chi connectivity index (χ3n) is 4.82. The Bertz CT molecular complexity index is 951. The predicted octanol–water partition coefficient (Wildman–Crippen LogP) is 4.31. The van der Waals surface area contributed by atoms with Crippen molar-refractivity contribution in [1.29, 1.82) is 0 Å². The van der Waals surface area contributed by atoms with E-state index >= 15 is 0 Å². The van der Waals surface area contributed by atoms with Crippen LogP contribution in [0, 0.1) is 17.5 Å². The fourth-order valence-electron chi connectivity index (χ4n) is 3.30. The number of carbonyl (C=O) groups is 2. The Hall–Kier alpha value is -2.54. The minimum atomic E-state index is -1.15. The number of hydrogen-bond donors (Lipinski definition) is 0. The SMILES string of the molecule is CC(=O)c1ccc(N2CCN(C(=O)c3cc(F)c(F)cc3Cl)[C@H](C)C2)c(F)c1. The number of halogens is 4. The highest BCUT2D eigenvalue weighted by Crippen LogP contribution is 2.27. The molecule has 0 spiro atoms. The molecule has 28 heavy (non-hydrogen) atoms. The molecule has 8 heteroatoms. The number of Topliss-reactive ketones (excluding diaryl/α,β-unsaturated/α-hetero) is 1. The van der Waals surface area contributed by atoms with Crippen LogP contribution in [0.15, 0.2) is 30.3 Å². The average Bonchev–Trinajstić information content (AvgIpc) is 2.64. The highest BCUT2D eigenvalue weighted by atomic mass is 35.5. The van der Waals surface area contributed by atoms with Crippen LogP contribution in [0.5, 0.6) is 0 Å². The Morgan fingerprint density at radius 2 is 1.71 bits per heavy atom. The predicted molar refractivity (Wildman–Crippen MR) is 100 cm³/mol. The highest BCUT2D eigenvalue weighted by molar-refractivity contribution is 6.33. The molecule has 0 aromatic heterocycles. The monoisotopic (exact) mass is 410 g/mol. The lowest BCUT2D eigenvalue weighted by Crippen LogP contribution is -2.54. The molecule has 2 aromatic rings. The number of benzene rings is 2. The van der Waals surface area contributed by atoms with Crippen LogP contribution >= 0.6 is 11.6 Å². The maximum Gasteiger partial charge on any atom is 0.255 e. The molecule has 0 N–H and O–H groups in total. The van der Waals surface area contributed by atoms with Crippen molar-refractivity contribution < 1.29 is 22.8 Å². The number of anilines is 1. The normalized spacial score (nSPS) is 17.0. The fourth-order valence-corrected chi connectivity index (χ4v) is 3.53. The van der Waals surface area contributed by atoms with Gasteiger partial charge < -0.3 is 9.80 Å². The number of hydrogen-bond acceptors (Lipinski definition) is 3. The molecule has 0 saturated carbocycles. The Balaban J connectivity index is 1.78. The van der Waals surface area contributed by atoms with Crippen LogP contribution in [-0.4, -0.2) is 42.3 Å². The largest absolute Gasteiger partial charge is 0.365 e. The lowest BCUT2D eigenvalue weighted by molar-refractivity contribution is 0.0673. The molecule has 0 unspecified atom stereocenters. The van der Waals surface area contributed by atoms with E-state index < -0.39 is 23.4 Å². The summed E-state index contributed by atoms with van der Waals surface area (Å²) in [6.45, 7) is 4.07. The molecule has 0 aliphatic carbocycles. The van der Waals surface area contributed by atoms with Gasteiger partial charge in [0.2, 0.25) is 0 Å². The summed E-state index contributed by atoms with van der Waals surface area (Å²) in [6.07, 6.45) is 0. The Kier molecular flexibility index (Phi) is 5.65. The van der Waals surface area contributed by atoms with E-state index in [1.165, 1.54) is 17.9 Å². The zero-order valence-electron chi connectivity index (χ0n) is 15.3. The summed E-state index contributed by atoms with van der Waals surface area (Å²) in [7, 11) is 0. The van der Waals surface area contributed by atoms with Crippen molar-refractivity contribution in [3.8, 4) is 0 Å². The third-order valence-corrected chi connectivity index (χ3v) is 5.14. The van der Waals surface area contributed by atoms with Gasteiger partial charge in [0, 0.05) is 31.2 Å². The standard InChI is InChI=1S/C20H18ClF3N2O2/c1-11-10-25(19-4-3-13(12(2)27)7-18(19)24)5-6-26(11)20(28)14-8-16(22)17(23)9-15(14)21/h3-4,7-9,11H,5-6,10H2,1-2H3/t11-/m1/s1. The third kappa shape index (κ3) is 3.85. The fraction of sp³-hybridized carbons (Fsp3) is 0.300. The lowest BCUT2D eigenvalue weighted by atomic mass is 10.1. The maximum atomic E-state index is 14.4. The van der Waals surface area contributed by atoms with Crippen molar-refractivity contribution in [2.24, 2.45) is 0 Å². The van der Waals surface area contributed by atoms with Gasteiger partial charge >= 0.3 is 0 Å². The van der Waals surface area contributed by atoms with Crippen molar-refractivity contribution in [1.82, 2.24) is 4.90 Å². The summed E-state index contributed by atoms with van der Waals surface area (Å²) in [5.74, 6) is -3.51. The van der Waals surface area contributed by atoms with Crippen LogP contribution in [-0.2, 0) is 0 Å². The quantitative estimate of drug-likeness (QED) is 0.559. The molecule has 1 aliphatic heterocycles. The van der Waals surface area contributed by atoms with Gasteiger partial charge in [-0.25, -0.2) is 13.2 Å². The molecule has 4 nitrogen and oxygen atoms in total. The van der Waals surface area contributed by atoms with Crippen LogP contribution in [0.1, 0.15) is 34.6 Å². The first kappa shape index (κ1) is 20.2. The second kappa shape index (κ2) is 7.83. The van der Waals surface area contributed by atoms with E-state index in [-0.39, 0.29) is 34.5 Å². The summed E-state index contributed by atoms with van der Waals surface area (Å²) < 4.78 is 41.2. The number of ketones is 1. The molecule has 3 rings (SSSR count). The van der Waals surface area contributed by atoms with E-state index in [1.54, 1.807) is 24.0 Å². The number of amides is 1. The molecule has 0 radical (unpaired) electrons. The van der Waals surface area contributed by atoms with Gasteiger partial charge in [-0.3, -0.25) is 9.59 Å². The first-order valence-electron chi connectivity index (χ1n) is 8.70. The minimum Gasteiger partial charge on any atom is -0.365 e. The zero-order chi connectivity index (χ0) is 20.6. The van der Waals surface area contributed by atoms with Crippen molar-refractivity contribution in [2.45, 2.75) is 19.9 Å². The van der Waals surface area contributed by atoms with Crippen LogP contribution in [0.3, 0.4) is 0 Å². The summed E-state index contributed by atoms with van der Waals surface area (Å²) in [5.41, 5.74) is 0.517. The number of nitrogens with zero attached hydrogens (tertiary/aromatic N) is 2. The van der Waals surface area contributed by atoms with Gasteiger partial charge in [0.15, 0.2) is 17.4 Å². The van der Waals surface area contributed by atoms with Crippen molar-refractivity contribution >= 4 is 29.0 Å². The highest BCUT2D eigenvalue weighted by Gasteiger charge is 2.30. The van der Waals surface area contributed by atoms with Crippen molar-refractivity contribution in [3.63, 3.8) is 0 Å². The molecule has 148 valence electrons. The smallest absolute Gasteiger partial charge is 0.255 e. The summed E-state index contributed by atoms with van der Waals surface area (Å²) in [6, 6.07) is 5.54. The molecule has 0 bridgehead atoms. The van der Waals surface area contributed by atoms with Crippen LogP contribution in [0.25, 0.3) is 0 Å². The molecule has 2 aromatic carbocycles. The van der Waals surface area contributed by atoms with E-state index in [2.05, 4.69) is 0 Å². The van der Waals surface area contributed by atoms with E-state index in [0.29, 0.717) is 18.8 Å². The van der Waals surface area contributed by atoms with Gasteiger partial charge in [0.1, 0.15) is 5.82 Å². The number of piperazine rings is 1. The van der Waals surface area contributed by atoms with Gasteiger partial charge in [0.25, 0.3) is 5.91 Å². The second-order valence-electron chi connectivity index (χ2n) is 6.76. The second-order valence-corrected chi connectivity index (χ2v) is 7.17. The van der Waals surface area contributed by atoms with E-state index in [9.17, 15) is 22.8 Å². The van der Waals surface area contributed by atoms with Crippen molar-refractivity contribution in [2.75, 3.05) is 24.5 Å². The molecule has 1 amide bonds. The number of rotatable bonds is 3. The maximum absolute atomic E-state index is 14.4. The Morgan fingerprint density at radius 1 is 1.04 bits per heavy atom. The van der Waals surface area contributed by atoms with Crippen molar-refractivity contribution in [3.05, 3.63) is 63.9 Å². The van der Waals surface area contributed by atoms with Gasteiger partial charge in [-0.05, 0) is 44.2 Å². The van der Waals surface area contributed by atoms with Gasteiger partial charge in [-0.1, -0.05) is 11.6 Å². The van der Waals surface area contributed by atoms with E-state index in [1.807, 2.05) is 0 Å². The first-order valence-corrected chi connectivity index (χ1v) is 9.07. The summed E-state index contributed by atoms with van der Waals surface area (Å²) in [4.78, 5) is 27.4. The molecule has 1 heterocycles. The molecule has 1 fully saturated rings. The summed E-state index contributed by atoms with van der Waals surface area (Å²) >= 11 is 5.91. The number of carbonyl (C=O) groups excluding carboxylic acids is 2. The molecular weight excluding hydrogens is 393 g/mol. The van der Waals surface area contributed by atoms with E-state index in [4.69, 9.17) is 11.6 Å². The minimum absolute atomic E-state index is 0.113. The van der Waals surface area contributed by atoms with Crippen LogP contribution in [0.4, 0.5) is 18.9 Å². The van der Waals surface area contributed by atoms with Gasteiger partial charge in [-0.15, -0.1) is 0 Å². The molecule has 1 aliphatic rings. The van der Waals surface area contributed by atoms with Crippen LogP contribution < -0.4 is 4.90 Å². The first-order chi connectivity index (χ1) is 13.2. The average molecular weight is 411 g/mol. The Morgan fingerprint density at radius 3 is 2.32 bits per heavy atom. The molecular formula is C20H18ClF3N2O2. The Labute approximate surface area is 165 Å². The van der Waals surface area contributed by atoms with Gasteiger partial charge in [-0.2, -0.15) is 0 Å². The van der Waals surface area contributed by atoms with Crippen LogP contribution in [0.2, 0.25) is 5.02 Å². The molecule has 1 atom stereocenters. The molecule has 1 saturated heterocycles. The zero-order valence-corrected chi connectivity index (χ0v) is 16.1. The van der Waals surface area contributed by atoms with Gasteiger partial charge in [0.05, 0.1) is 16.3 Å². The topological polar surface area (TPSA) is 40.6 Å². The van der Waals surface area contributed by atoms with E-state index in [0.717, 1.165) is 12.1 Å². The lowest BCUT2D eigenvalue weighted by Gasteiger charge is -2.41. The summed E-state index contributed by atoms with van der Waals surface area (Å²) in [5, 5.41) is -0.163.